The summed E-state index contributed by atoms with van der Waals surface area (Å²) in [5.74, 6) is 0.455. The lowest BCUT2D eigenvalue weighted by Crippen LogP contribution is -2.43. The van der Waals surface area contributed by atoms with E-state index in [0.29, 0.717) is 11.3 Å². The van der Waals surface area contributed by atoms with Gasteiger partial charge in [0.15, 0.2) is 11.3 Å². The number of pyridine rings is 1. The maximum absolute atomic E-state index is 12.6. The number of carbonyl (C=O) groups is 1. The molecule has 4 rings (SSSR count). The van der Waals surface area contributed by atoms with Gasteiger partial charge in [-0.2, -0.15) is 4.73 Å². The van der Waals surface area contributed by atoms with E-state index in [2.05, 4.69) is 20.3 Å². The minimum absolute atomic E-state index is 0.150. The van der Waals surface area contributed by atoms with Crippen molar-refractivity contribution in [2.75, 3.05) is 12.8 Å². The fraction of sp³-hybridized carbons (Fsp3) is 0.444. The first kappa shape index (κ1) is 17.3. The van der Waals surface area contributed by atoms with Crippen LogP contribution in [0.3, 0.4) is 0 Å². The zero-order valence-corrected chi connectivity index (χ0v) is 15.3. The Balaban J connectivity index is 1.96. The molecule has 1 saturated carbocycles. The molecule has 142 valence electrons. The second-order valence-corrected chi connectivity index (χ2v) is 7.05. The molecule has 2 aliphatic rings. The molecule has 1 amide bonds. The van der Waals surface area contributed by atoms with Crippen molar-refractivity contribution in [3.63, 3.8) is 0 Å². The summed E-state index contributed by atoms with van der Waals surface area (Å²) in [5, 5.41) is 14.1. The lowest BCUT2D eigenvalue weighted by atomic mass is 9.79. The van der Waals surface area contributed by atoms with Crippen molar-refractivity contribution >= 4 is 17.5 Å². The van der Waals surface area contributed by atoms with E-state index in [1.165, 1.54) is 13.4 Å². The number of nitrogens with two attached hydrogens (primary N) is 1. The second kappa shape index (κ2) is 6.26. The molecule has 27 heavy (non-hydrogen) atoms. The molecule has 1 spiro atoms. The zero-order chi connectivity index (χ0) is 19.2. The number of nitrogens with one attached hydrogen (secondary N) is 1. The van der Waals surface area contributed by atoms with Crippen LogP contribution in [0, 0.1) is 6.92 Å². The number of amides is 1. The van der Waals surface area contributed by atoms with Gasteiger partial charge in [-0.25, -0.2) is 15.0 Å². The number of methoxy groups -OCH3 is 1. The van der Waals surface area contributed by atoms with E-state index in [9.17, 15) is 10.0 Å². The summed E-state index contributed by atoms with van der Waals surface area (Å²) >= 11 is 0. The lowest BCUT2D eigenvalue weighted by molar-refractivity contribution is 0.0892. The number of hydrogen-bond donors (Lipinski definition) is 3. The molecule has 2 aromatic rings. The third-order valence-corrected chi connectivity index (χ3v) is 5.38. The Morgan fingerprint density at radius 2 is 2.07 bits per heavy atom. The van der Waals surface area contributed by atoms with Gasteiger partial charge in [-0.15, -0.1) is 0 Å². The minimum Gasteiger partial charge on any atom is -0.490 e. The van der Waals surface area contributed by atoms with Gasteiger partial charge in [0.05, 0.1) is 23.9 Å². The van der Waals surface area contributed by atoms with Gasteiger partial charge in [0.2, 0.25) is 11.6 Å². The number of nitrogen functional groups attached to an aromatic ring is 1. The van der Waals surface area contributed by atoms with Gasteiger partial charge in [0.1, 0.15) is 6.33 Å². The van der Waals surface area contributed by atoms with Crippen molar-refractivity contribution in [1.29, 1.82) is 0 Å². The Labute approximate surface area is 155 Å². The van der Waals surface area contributed by atoms with Crippen LogP contribution in [-0.2, 0) is 5.54 Å². The van der Waals surface area contributed by atoms with Crippen LogP contribution in [0.15, 0.2) is 17.4 Å². The molecule has 0 unspecified atom stereocenters. The van der Waals surface area contributed by atoms with Crippen LogP contribution >= 0.6 is 0 Å². The minimum atomic E-state index is -0.551. The van der Waals surface area contributed by atoms with E-state index < -0.39 is 5.54 Å². The monoisotopic (exact) mass is 370 g/mol. The first-order valence-electron chi connectivity index (χ1n) is 8.95. The Bertz CT molecular complexity index is 991. The van der Waals surface area contributed by atoms with E-state index in [1.54, 1.807) is 6.07 Å². The van der Waals surface area contributed by atoms with Crippen LogP contribution in [0.2, 0.25) is 0 Å². The van der Waals surface area contributed by atoms with E-state index in [4.69, 9.17) is 10.5 Å². The molecule has 9 heteroatoms. The summed E-state index contributed by atoms with van der Waals surface area (Å²) in [6.07, 6.45) is 5.98. The number of rotatable bonds is 2. The molecule has 1 aliphatic heterocycles. The van der Waals surface area contributed by atoms with Gasteiger partial charge >= 0.3 is 0 Å². The van der Waals surface area contributed by atoms with Gasteiger partial charge in [0.25, 0.3) is 5.91 Å². The van der Waals surface area contributed by atoms with Crippen molar-refractivity contribution in [2.24, 2.45) is 4.99 Å². The number of fused-ring (bicyclic) bond motifs is 2. The molecule has 3 heterocycles. The molecule has 0 radical (unpaired) electrons. The smallest absolute Gasteiger partial charge is 0.254 e. The van der Waals surface area contributed by atoms with Crippen molar-refractivity contribution < 1.29 is 14.7 Å². The molecule has 4 N–H and O–H groups in total. The predicted octanol–water partition coefficient (Wildman–Crippen LogP) is 1.55. The first-order valence-corrected chi connectivity index (χ1v) is 8.95. The quantitative estimate of drug-likeness (QED) is 0.688. The molecule has 0 bridgehead atoms. The maximum Gasteiger partial charge on any atom is 0.254 e. The average molecular weight is 370 g/mol. The summed E-state index contributed by atoms with van der Waals surface area (Å²) in [4.78, 5) is 25.0. The Morgan fingerprint density at radius 1 is 1.33 bits per heavy atom. The number of nitrogens with zero attached hydrogens (tertiary/aromatic N) is 4. The van der Waals surface area contributed by atoms with E-state index in [-0.39, 0.29) is 28.8 Å². The predicted molar refractivity (Wildman–Crippen MR) is 96.8 cm³/mol. The lowest BCUT2D eigenvalue weighted by Gasteiger charge is -2.34. The molecular weight excluding hydrogens is 348 g/mol. The number of carbonyl (C=O) groups excluding carboxylic acids is 1. The zero-order valence-electron chi connectivity index (χ0n) is 15.3. The molecule has 1 fully saturated rings. The van der Waals surface area contributed by atoms with Crippen LogP contribution in [0.1, 0.15) is 53.7 Å². The van der Waals surface area contributed by atoms with Gasteiger partial charge in [0, 0.05) is 0 Å². The molecule has 0 saturated heterocycles. The van der Waals surface area contributed by atoms with Gasteiger partial charge in [-0.3, -0.25) is 4.79 Å². The summed E-state index contributed by atoms with van der Waals surface area (Å²) in [5.41, 5.74) is 7.36. The van der Waals surface area contributed by atoms with Crippen LogP contribution in [0.25, 0.3) is 0 Å². The third-order valence-electron chi connectivity index (χ3n) is 5.38. The van der Waals surface area contributed by atoms with Crippen molar-refractivity contribution in [2.45, 2.75) is 44.6 Å². The maximum atomic E-state index is 12.6. The summed E-state index contributed by atoms with van der Waals surface area (Å²) in [6.45, 7) is 1.84. The number of anilines is 1. The topological polar surface area (TPSA) is 128 Å². The summed E-state index contributed by atoms with van der Waals surface area (Å²) in [6, 6.07) is 1.65. The number of hydrogen-bond acceptors (Lipinski definition) is 7. The van der Waals surface area contributed by atoms with Crippen LogP contribution in [0.5, 0.6) is 5.75 Å². The average Bonchev–Trinajstić information content (AvgIpc) is 2.92. The SMILES string of the molecule is COc1c(N)ncnc1N=c1cc(C)c2c(n1O)C1(CCCCC1)NC2=O. The first-order chi connectivity index (χ1) is 13.0. The van der Waals surface area contributed by atoms with Gasteiger partial charge in [-0.05, 0) is 31.4 Å². The van der Waals surface area contributed by atoms with E-state index in [1.807, 2.05) is 6.92 Å². The molecule has 2 aromatic heterocycles. The number of aryl methyl sites for hydroxylation is 1. The standard InChI is InChI=1S/C18H22N6O3/c1-10-8-11(22-16-13(27-2)15(19)20-9-21-16)24(26)14-12(10)17(25)23-18(14)6-4-3-5-7-18/h8-9,26H,3-7H2,1-2H3,(H,23,25)(H2,19,20,21). The van der Waals surface area contributed by atoms with Crippen molar-refractivity contribution in [3.8, 4) is 5.75 Å². The van der Waals surface area contributed by atoms with Crippen molar-refractivity contribution in [1.82, 2.24) is 20.0 Å². The Morgan fingerprint density at radius 3 is 2.78 bits per heavy atom. The van der Waals surface area contributed by atoms with E-state index in [0.717, 1.165) is 42.4 Å². The second-order valence-electron chi connectivity index (χ2n) is 7.05. The largest absolute Gasteiger partial charge is 0.490 e. The molecule has 0 atom stereocenters. The fourth-order valence-electron chi connectivity index (χ4n) is 4.16. The molecule has 1 aliphatic carbocycles. The highest BCUT2D eigenvalue weighted by Crippen LogP contribution is 2.42. The Hall–Kier alpha value is -3.10. The number of ether oxygens (including phenoxy) is 1. The highest BCUT2D eigenvalue weighted by molar-refractivity contribution is 6.00. The van der Waals surface area contributed by atoms with Crippen molar-refractivity contribution in [3.05, 3.63) is 34.7 Å². The van der Waals surface area contributed by atoms with E-state index >= 15 is 0 Å². The van der Waals surface area contributed by atoms with Gasteiger partial charge in [-0.1, -0.05) is 19.3 Å². The van der Waals surface area contributed by atoms with Gasteiger partial charge < -0.3 is 21.0 Å². The van der Waals surface area contributed by atoms with Crippen LogP contribution in [0.4, 0.5) is 11.6 Å². The fourth-order valence-corrected chi connectivity index (χ4v) is 4.16. The normalized spacial score (nSPS) is 18.4. The molecule has 0 aromatic carbocycles. The summed E-state index contributed by atoms with van der Waals surface area (Å²) in [7, 11) is 1.45. The summed E-state index contributed by atoms with van der Waals surface area (Å²) < 4.78 is 6.24. The van der Waals surface area contributed by atoms with Crippen LogP contribution < -0.4 is 21.3 Å². The third kappa shape index (κ3) is 2.61. The molecule has 9 nitrogen and oxygen atoms in total. The highest BCUT2D eigenvalue weighted by Gasteiger charge is 2.47. The highest BCUT2D eigenvalue weighted by atomic mass is 16.5. The van der Waals surface area contributed by atoms with Crippen LogP contribution in [-0.4, -0.2) is 32.9 Å². The Kier molecular flexibility index (Phi) is 4.01. The molecular formula is C18H22N6O3. The number of aromatic nitrogens is 3.